The van der Waals surface area contributed by atoms with Gasteiger partial charge in [-0.25, -0.2) is 4.79 Å². The second kappa shape index (κ2) is 5.35. The van der Waals surface area contributed by atoms with Gasteiger partial charge in [0.15, 0.2) is 0 Å². The van der Waals surface area contributed by atoms with Crippen LogP contribution in [-0.2, 0) is 0 Å². The average Bonchev–Trinajstić information content (AvgIpc) is 2.30. The van der Waals surface area contributed by atoms with E-state index in [2.05, 4.69) is 0 Å². The molecule has 2 rings (SSSR count). The summed E-state index contributed by atoms with van der Waals surface area (Å²) < 4.78 is 10.1. The smallest absolute Gasteiger partial charge is 0.336 e. The van der Waals surface area contributed by atoms with Gasteiger partial charge in [-0.05, 0) is 24.6 Å². The van der Waals surface area contributed by atoms with Crippen molar-refractivity contribution in [3.05, 3.63) is 40.2 Å². The zero-order valence-corrected chi connectivity index (χ0v) is 10.0. The largest absolute Gasteiger partial charge is 0.497 e. The molecule has 0 fully saturated rings. The highest BCUT2D eigenvalue weighted by Crippen LogP contribution is 2.21. The first-order chi connectivity index (χ1) is 7.70. The lowest BCUT2D eigenvalue weighted by Crippen LogP contribution is -1.97. The van der Waals surface area contributed by atoms with Gasteiger partial charge in [-0.2, -0.15) is 0 Å². The lowest BCUT2D eigenvalue weighted by molar-refractivity contribution is 0.414. The van der Waals surface area contributed by atoms with E-state index in [1.54, 1.807) is 13.2 Å². The van der Waals surface area contributed by atoms with E-state index in [1.165, 1.54) is 6.07 Å². The first-order valence-corrected chi connectivity index (χ1v) is 5.29. The van der Waals surface area contributed by atoms with Gasteiger partial charge in [0.25, 0.3) is 0 Å². The highest BCUT2D eigenvalue weighted by Gasteiger charge is 2.02. The molecule has 0 amide bonds. The Balaban J connectivity index is 0.000000606. The number of fused-ring (bicyclic) bond motifs is 1. The maximum absolute atomic E-state index is 11.1. The Morgan fingerprint density at radius 3 is 2.50 bits per heavy atom. The van der Waals surface area contributed by atoms with Crippen LogP contribution in [0.2, 0.25) is 0 Å². The van der Waals surface area contributed by atoms with Crippen LogP contribution in [0.3, 0.4) is 0 Å². The predicted octanol–water partition coefficient (Wildman–Crippen LogP) is 3.14. The fourth-order valence-corrected chi connectivity index (χ4v) is 1.43. The number of ether oxygens (including phenoxy) is 1. The molecular formula is C13H16O3. The van der Waals surface area contributed by atoms with Gasteiger partial charge in [0.1, 0.15) is 11.3 Å². The highest BCUT2D eigenvalue weighted by atomic mass is 16.5. The monoisotopic (exact) mass is 220 g/mol. The van der Waals surface area contributed by atoms with Crippen molar-refractivity contribution in [1.29, 1.82) is 0 Å². The molecule has 0 N–H and O–H groups in total. The van der Waals surface area contributed by atoms with E-state index in [-0.39, 0.29) is 5.63 Å². The summed E-state index contributed by atoms with van der Waals surface area (Å²) >= 11 is 0. The first kappa shape index (κ1) is 12.3. The summed E-state index contributed by atoms with van der Waals surface area (Å²) in [7, 11) is 1.58. The molecule has 86 valence electrons. The molecule has 0 aliphatic heterocycles. The standard InChI is InChI=1S/C11H10O3.C2H6/c1-7-5-11(12)14-10-6-8(13-2)3-4-9(7)10;1-2/h3-6H,1-2H3;1-2H3. The van der Waals surface area contributed by atoms with Crippen molar-refractivity contribution in [3.8, 4) is 5.75 Å². The van der Waals surface area contributed by atoms with Crippen LogP contribution in [0.1, 0.15) is 19.4 Å². The third kappa shape index (κ3) is 2.42. The van der Waals surface area contributed by atoms with E-state index in [4.69, 9.17) is 9.15 Å². The van der Waals surface area contributed by atoms with Gasteiger partial charge in [-0.15, -0.1) is 0 Å². The van der Waals surface area contributed by atoms with Crippen molar-refractivity contribution in [2.45, 2.75) is 20.8 Å². The highest BCUT2D eigenvalue weighted by molar-refractivity contribution is 5.81. The molecule has 3 nitrogen and oxygen atoms in total. The SMILES string of the molecule is CC.COc1ccc2c(C)cc(=O)oc2c1. The average molecular weight is 220 g/mol. The fourth-order valence-electron chi connectivity index (χ4n) is 1.43. The minimum atomic E-state index is -0.330. The summed E-state index contributed by atoms with van der Waals surface area (Å²) in [6, 6.07) is 6.92. The normalized spacial score (nSPS) is 9.50. The quantitative estimate of drug-likeness (QED) is 0.693. The van der Waals surface area contributed by atoms with Gasteiger partial charge in [-0.3, -0.25) is 0 Å². The number of hydrogen-bond acceptors (Lipinski definition) is 3. The second-order valence-corrected chi connectivity index (χ2v) is 3.11. The molecule has 16 heavy (non-hydrogen) atoms. The number of benzene rings is 1. The Hall–Kier alpha value is -1.77. The topological polar surface area (TPSA) is 39.4 Å². The number of aryl methyl sites for hydroxylation is 1. The summed E-state index contributed by atoms with van der Waals surface area (Å²) in [5.74, 6) is 0.686. The Kier molecular flexibility index (Phi) is 4.11. The number of hydrogen-bond donors (Lipinski definition) is 0. The van der Waals surface area contributed by atoms with E-state index in [1.807, 2.05) is 32.9 Å². The van der Waals surface area contributed by atoms with Gasteiger partial charge < -0.3 is 9.15 Å². The van der Waals surface area contributed by atoms with Crippen LogP contribution in [0.25, 0.3) is 11.0 Å². The van der Waals surface area contributed by atoms with Crippen molar-refractivity contribution >= 4 is 11.0 Å². The van der Waals surface area contributed by atoms with Crippen molar-refractivity contribution in [2.75, 3.05) is 7.11 Å². The molecule has 1 aromatic heterocycles. The molecule has 1 heterocycles. The van der Waals surface area contributed by atoms with Crippen molar-refractivity contribution in [1.82, 2.24) is 0 Å². The van der Waals surface area contributed by atoms with Gasteiger partial charge >= 0.3 is 5.63 Å². The zero-order chi connectivity index (χ0) is 12.1. The van der Waals surface area contributed by atoms with Gasteiger partial charge in [0, 0.05) is 17.5 Å². The molecule has 0 radical (unpaired) electrons. The van der Waals surface area contributed by atoms with E-state index in [0.29, 0.717) is 11.3 Å². The maximum Gasteiger partial charge on any atom is 0.336 e. The van der Waals surface area contributed by atoms with Gasteiger partial charge in [0.05, 0.1) is 7.11 Å². The van der Waals surface area contributed by atoms with Crippen molar-refractivity contribution in [2.24, 2.45) is 0 Å². The third-order valence-electron chi connectivity index (χ3n) is 2.16. The van der Waals surface area contributed by atoms with Crippen LogP contribution in [0.15, 0.2) is 33.5 Å². The van der Waals surface area contributed by atoms with E-state index < -0.39 is 0 Å². The molecule has 0 bridgehead atoms. The number of rotatable bonds is 1. The molecule has 0 unspecified atom stereocenters. The minimum absolute atomic E-state index is 0.330. The molecule has 3 heteroatoms. The molecule has 2 aromatic rings. The fraction of sp³-hybridized carbons (Fsp3) is 0.308. The lowest BCUT2D eigenvalue weighted by Gasteiger charge is -2.02. The maximum atomic E-state index is 11.1. The van der Waals surface area contributed by atoms with Crippen LogP contribution in [0.4, 0.5) is 0 Å². The van der Waals surface area contributed by atoms with Crippen LogP contribution >= 0.6 is 0 Å². The summed E-state index contributed by atoms with van der Waals surface area (Å²) in [5.41, 5.74) is 1.15. The molecule has 0 spiro atoms. The minimum Gasteiger partial charge on any atom is -0.497 e. The van der Waals surface area contributed by atoms with Crippen LogP contribution in [0.5, 0.6) is 5.75 Å². The van der Waals surface area contributed by atoms with E-state index in [0.717, 1.165) is 10.9 Å². The zero-order valence-electron chi connectivity index (χ0n) is 10.0. The molecular weight excluding hydrogens is 204 g/mol. The van der Waals surface area contributed by atoms with E-state index in [9.17, 15) is 4.79 Å². The molecule has 0 aliphatic carbocycles. The van der Waals surface area contributed by atoms with Crippen LogP contribution in [-0.4, -0.2) is 7.11 Å². The Morgan fingerprint density at radius 2 is 1.88 bits per heavy atom. The third-order valence-corrected chi connectivity index (χ3v) is 2.16. The number of methoxy groups -OCH3 is 1. The Labute approximate surface area is 94.7 Å². The predicted molar refractivity (Wildman–Crippen MR) is 65.1 cm³/mol. The van der Waals surface area contributed by atoms with Gasteiger partial charge in [0.2, 0.25) is 0 Å². The lowest BCUT2D eigenvalue weighted by atomic mass is 10.1. The molecule has 0 atom stereocenters. The van der Waals surface area contributed by atoms with Crippen LogP contribution < -0.4 is 10.4 Å². The molecule has 0 aliphatic rings. The summed E-state index contributed by atoms with van der Waals surface area (Å²) in [6.07, 6.45) is 0. The summed E-state index contributed by atoms with van der Waals surface area (Å²) in [4.78, 5) is 11.1. The Morgan fingerprint density at radius 1 is 1.19 bits per heavy atom. The summed E-state index contributed by atoms with van der Waals surface area (Å²) in [6.45, 7) is 5.88. The van der Waals surface area contributed by atoms with E-state index >= 15 is 0 Å². The molecule has 0 saturated carbocycles. The van der Waals surface area contributed by atoms with Crippen molar-refractivity contribution < 1.29 is 9.15 Å². The summed E-state index contributed by atoms with van der Waals surface area (Å²) in [5, 5.41) is 0.936. The Bertz CT molecular complexity index is 526. The second-order valence-electron chi connectivity index (χ2n) is 3.11. The molecule has 1 aromatic carbocycles. The van der Waals surface area contributed by atoms with Crippen molar-refractivity contribution in [3.63, 3.8) is 0 Å². The van der Waals surface area contributed by atoms with Crippen LogP contribution in [0, 0.1) is 6.92 Å². The first-order valence-electron chi connectivity index (χ1n) is 5.29. The van der Waals surface area contributed by atoms with Gasteiger partial charge in [-0.1, -0.05) is 13.8 Å². The molecule has 0 saturated heterocycles.